The minimum Gasteiger partial charge on any atom is -0.379 e. The maximum atomic E-state index is 6.01. The van der Waals surface area contributed by atoms with E-state index in [1.807, 2.05) is 13.8 Å². The van der Waals surface area contributed by atoms with Crippen LogP contribution in [0.2, 0.25) is 5.28 Å². The van der Waals surface area contributed by atoms with E-state index in [1.54, 1.807) is 11.3 Å². The molecule has 6 nitrogen and oxygen atoms in total. The second-order valence-corrected chi connectivity index (χ2v) is 7.70. The minimum absolute atomic E-state index is 0.303. The number of aryl methyl sites for hydroxylation is 1. The number of anilines is 1. The summed E-state index contributed by atoms with van der Waals surface area (Å²) in [5.41, 5.74) is 0.872. The highest BCUT2D eigenvalue weighted by Gasteiger charge is 2.17. The Kier molecular flexibility index (Phi) is 10.3. The third kappa shape index (κ3) is 7.14. The van der Waals surface area contributed by atoms with Crippen molar-refractivity contribution in [3.05, 3.63) is 10.3 Å². The number of hydrogen-bond donors (Lipinski definition) is 2. The molecule has 152 valence electrons. The number of morpholine rings is 1. The van der Waals surface area contributed by atoms with Crippen LogP contribution in [0.4, 0.5) is 5.82 Å². The molecule has 0 bridgehead atoms. The van der Waals surface area contributed by atoms with Gasteiger partial charge in [-0.05, 0) is 30.9 Å². The van der Waals surface area contributed by atoms with Gasteiger partial charge in [-0.2, -0.15) is 4.98 Å². The zero-order valence-corrected chi connectivity index (χ0v) is 18.3. The molecule has 0 aromatic carbocycles. The average Bonchev–Trinajstić information content (AvgIpc) is 3.15. The van der Waals surface area contributed by atoms with E-state index in [1.165, 1.54) is 32.1 Å². The molecular formula is C19H32ClN5OS. The zero-order valence-electron chi connectivity index (χ0n) is 16.7. The van der Waals surface area contributed by atoms with E-state index in [4.69, 9.17) is 16.3 Å². The van der Waals surface area contributed by atoms with Gasteiger partial charge in [-0.25, -0.2) is 9.97 Å². The third-order valence-corrected chi connectivity index (χ3v) is 5.63. The number of thiazole rings is 1. The van der Waals surface area contributed by atoms with Crippen LogP contribution >= 0.6 is 22.9 Å². The first kappa shape index (κ1) is 22.3. The maximum Gasteiger partial charge on any atom is 0.225 e. The van der Waals surface area contributed by atoms with Crippen molar-refractivity contribution < 1.29 is 4.74 Å². The molecule has 0 unspecified atom stereocenters. The SMILES string of the molecule is C1COCCN1.CC.CCc1nc2c(NC3CCCCC3)nc(Cl)nc2s1. The molecule has 2 aromatic rings. The normalized spacial score (nSPS) is 17.5. The van der Waals surface area contributed by atoms with Crippen molar-refractivity contribution >= 4 is 39.1 Å². The summed E-state index contributed by atoms with van der Waals surface area (Å²) < 4.78 is 5.01. The van der Waals surface area contributed by atoms with Crippen molar-refractivity contribution in [3.8, 4) is 0 Å². The van der Waals surface area contributed by atoms with E-state index < -0.39 is 0 Å². The van der Waals surface area contributed by atoms with Crippen LogP contribution in [0.1, 0.15) is 57.9 Å². The standard InChI is InChI=1S/C13H17ClN4S.C4H9NO.C2H6/c1-2-9-16-10-11(15-8-6-4-3-5-7-8)17-13(14)18-12(10)19-9;1-3-6-4-2-5-1;1-2/h8H,2-7H2,1H3,(H,15,17,18);5H,1-4H2;1-2H3. The monoisotopic (exact) mass is 413 g/mol. The number of aromatic nitrogens is 3. The van der Waals surface area contributed by atoms with Crippen LogP contribution in [0.3, 0.4) is 0 Å². The van der Waals surface area contributed by atoms with E-state index >= 15 is 0 Å². The highest BCUT2D eigenvalue weighted by atomic mass is 35.5. The van der Waals surface area contributed by atoms with Gasteiger partial charge in [0.25, 0.3) is 0 Å². The molecule has 4 rings (SSSR count). The number of fused-ring (bicyclic) bond motifs is 1. The highest BCUT2D eigenvalue weighted by molar-refractivity contribution is 7.18. The Hall–Kier alpha value is -1.02. The van der Waals surface area contributed by atoms with Gasteiger partial charge in [0.2, 0.25) is 5.28 Å². The van der Waals surface area contributed by atoms with Gasteiger partial charge in [0.15, 0.2) is 10.6 Å². The molecule has 2 N–H and O–H groups in total. The number of halogens is 1. The third-order valence-electron chi connectivity index (χ3n) is 4.37. The summed E-state index contributed by atoms with van der Waals surface area (Å²) in [4.78, 5) is 14.1. The lowest BCUT2D eigenvalue weighted by atomic mass is 9.95. The van der Waals surface area contributed by atoms with Crippen LogP contribution in [0.15, 0.2) is 0 Å². The molecule has 3 heterocycles. The van der Waals surface area contributed by atoms with E-state index in [2.05, 4.69) is 32.5 Å². The first-order valence-corrected chi connectivity index (χ1v) is 11.3. The van der Waals surface area contributed by atoms with Crippen molar-refractivity contribution in [2.45, 2.75) is 65.3 Å². The predicted molar refractivity (Wildman–Crippen MR) is 115 cm³/mol. The van der Waals surface area contributed by atoms with Crippen LogP contribution < -0.4 is 10.6 Å². The number of hydrogen-bond acceptors (Lipinski definition) is 7. The molecule has 8 heteroatoms. The van der Waals surface area contributed by atoms with Crippen LogP contribution in [-0.2, 0) is 11.2 Å². The van der Waals surface area contributed by atoms with Crippen LogP contribution in [0.5, 0.6) is 0 Å². The molecule has 2 fully saturated rings. The lowest BCUT2D eigenvalue weighted by Gasteiger charge is -2.23. The maximum absolute atomic E-state index is 6.01. The van der Waals surface area contributed by atoms with Gasteiger partial charge in [-0.3, -0.25) is 0 Å². The molecule has 0 atom stereocenters. The summed E-state index contributed by atoms with van der Waals surface area (Å²) >= 11 is 7.61. The predicted octanol–water partition coefficient (Wildman–Crippen LogP) is 4.68. The van der Waals surface area contributed by atoms with Gasteiger partial charge in [-0.1, -0.05) is 51.4 Å². The van der Waals surface area contributed by atoms with Gasteiger partial charge >= 0.3 is 0 Å². The summed E-state index contributed by atoms with van der Waals surface area (Å²) in [5, 5.41) is 8.06. The molecule has 1 saturated carbocycles. The lowest BCUT2D eigenvalue weighted by Crippen LogP contribution is -2.30. The smallest absolute Gasteiger partial charge is 0.225 e. The molecule has 1 aliphatic heterocycles. The van der Waals surface area contributed by atoms with Crippen molar-refractivity contribution in [1.82, 2.24) is 20.3 Å². The molecule has 2 aromatic heterocycles. The molecular weight excluding hydrogens is 382 g/mol. The Balaban J connectivity index is 0.000000275. The number of nitrogens with one attached hydrogen (secondary N) is 2. The summed E-state index contributed by atoms with van der Waals surface area (Å²) in [7, 11) is 0. The second-order valence-electron chi connectivity index (χ2n) is 6.30. The number of rotatable bonds is 3. The summed E-state index contributed by atoms with van der Waals surface area (Å²) in [6.45, 7) is 9.93. The molecule has 1 saturated heterocycles. The molecule has 27 heavy (non-hydrogen) atoms. The molecule has 1 aliphatic carbocycles. The summed E-state index contributed by atoms with van der Waals surface area (Å²) in [6, 6.07) is 0.495. The first-order chi connectivity index (χ1) is 13.3. The Morgan fingerprint density at radius 1 is 1.11 bits per heavy atom. The van der Waals surface area contributed by atoms with Gasteiger partial charge in [0.05, 0.1) is 18.2 Å². The summed E-state index contributed by atoms with van der Waals surface area (Å²) in [6.07, 6.45) is 7.24. The number of ether oxygens (including phenoxy) is 1. The van der Waals surface area contributed by atoms with Crippen molar-refractivity contribution in [2.75, 3.05) is 31.6 Å². The average molecular weight is 414 g/mol. The van der Waals surface area contributed by atoms with Crippen LogP contribution in [-0.4, -0.2) is 47.3 Å². The van der Waals surface area contributed by atoms with E-state index in [0.717, 1.165) is 53.9 Å². The Morgan fingerprint density at radius 3 is 2.37 bits per heavy atom. The fourth-order valence-corrected chi connectivity index (χ4v) is 4.14. The van der Waals surface area contributed by atoms with Crippen molar-refractivity contribution in [3.63, 3.8) is 0 Å². The number of nitrogens with zero attached hydrogens (tertiary/aromatic N) is 3. The highest BCUT2D eigenvalue weighted by Crippen LogP contribution is 2.29. The first-order valence-electron chi connectivity index (χ1n) is 10.1. The summed E-state index contributed by atoms with van der Waals surface area (Å²) in [5.74, 6) is 0.804. The molecule has 2 aliphatic rings. The quantitative estimate of drug-likeness (QED) is 0.712. The zero-order chi connectivity index (χ0) is 19.5. The van der Waals surface area contributed by atoms with Crippen LogP contribution in [0, 0.1) is 0 Å². The van der Waals surface area contributed by atoms with Crippen LogP contribution in [0.25, 0.3) is 10.3 Å². The van der Waals surface area contributed by atoms with Gasteiger partial charge in [-0.15, -0.1) is 0 Å². The van der Waals surface area contributed by atoms with E-state index in [-0.39, 0.29) is 0 Å². The molecule has 0 amide bonds. The second kappa shape index (κ2) is 12.4. The topological polar surface area (TPSA) is 72.0 Å². The van der Waals surface area contributed by atoms with E-state index in [9.17, 15) is 0 Å². The largest absolute Gasteiger partial charge is 0.379 e. The Bertz CT molecular complexity index is 660. The van der Waals surface area contributed by atoms with Gasteiger partial charge in [0.1, 0.15) is 5.52 Å². The molecule has 0 radical (unpaired) electrons. The van der Waals surface area contributed by atoms with Gasteiger partial charge < -0.3 is 15.4 Å². The Morgan fingerprint density at radius 2 is 1.81 bits per heavy atom. The fraction of sp³-hybridized carbons (Fsp3) is 0.737. The molecule has 0 spiro atoms. The lowest BCUT2D eigenvalue weighted by molar-refractivity contribution is 0.109. The fourth-order valence-electron chi connectivity index (χ4n) is 3.05. The minimum atomic E-state index is 0.303. The van der Waals surface area contributed by atoms with Crippen molar-refractivity contribution in [2.24, 2.45) is 0 Å². The van der Waals surface area contributed by atoms with Gasteiger partial charge in [0, 0.05) is 19.1 Å². The Labute approximate surface area is 171 Å². The van der Waals surface area contributed by atoms with Crippen molar-refractivity contribution in [1.29, 1.82) is 0 Å². The van der Waals surface area contributed by atoms with E-state index in [0.29, 0.717) is 11.3 Å².